The zero-order valence-electron chi connectivity index (χ0n) is 24.6. The molecule has 2 aromatic rings. The summed E-state index contributed by atoms with van der Waals surface area (Å²) >= 11 is 0. The minimum Gasteiger partial charge on any atom is -0.408 e. The minimum atomic E-state index is -2.08. The van der Waals surface area contributed by atoms with Gasteiger partial charge < -0.3 is 24.4 Å². The number of nitrogens with zero attached hydrogens (tertiary/aromatic N) is 5. The Bertz CT molecular complexity index is 1070. The average molecular weight is 577 g/mol. The summed E-state index contributed by atoms with van der Waals surface area (Å²) < 4.78 is 23.3. The van der Waals surface area contributed by atoms with E-state index in [1.165, 1.54) is 6.33 Å². The summed E-state index contributed by atoms with van der Waals surface area (Å²) in [5, 5.41) is 9.72. The van der Waals surface area contributed by atoms with Crippen molar-refractivity contribution in [1.29, 1.82) is 0 Å². The number of nitrogens with two attached hydrogens (primary N) is 1. The molecule has 0 radical (unpaired) electrons. The van der Waals surface area contributed by atoms with Crippen molar-refractivity contribution in [1.82, 2.24) is 24.4 Å². The van der Waals surface area contributed by atoms with Crippen LogP contribution in [0.2, 0.25) is 36.3 Å². The lowest BCUT2D eigenvalue weighted by atomic mass is 10.1. The van der Waals surface area contributed by atoms with E-state index in [1.807, 2.05) is 9.47 Å². The van der Waals surface area contributed by atoms with E-state index >= 15 is 0 Å². The van der Waals surface area contributed by atoms with Crippen LogP contribution in [0.4, 0.5) is 5.82 Å². The maximum Gasteiger partial charge on any atom is 0.192 e. The standard InChI is InChI=1S/C27H48N6O4Si2/c1-8-15-32(16-17-34)18-21-23(36-38(9-2,10-3)11-4)24(37-39(12-5,13-6)14-7)27(35-21)33-20-31-22-25(28)29-19-30-26(22)33/h1,19-21,23-24,27,34H,9-18H2,2-7H3,(H2,28,29,30)/t21-,23?,24+,27-/m1/s1. The highest BCUT2D eigenvalue weighted by Gasteiger charge is 2.53. The number of aliphatic hydroxyl groups excluding tert-OH is 1. The molecule has 0 spiro atoms. The Labute approximate surface area is 235 Å². The van der Waals surface area contributed by atoms with Gasteiger partial charge in [0.15, 0.2) is 34.3 Å². The van der Waals surface area contributed by atoms with Gasteiger partial charge in [-0.05, 0) is 36.3 Å². The van der Waals surface area contributed by atoms with Crippen LogP contribution in [0.15, 0.2) is 12.7 Å². The molecule has 1 aliphatic heterocycles. The highest BCUT2D eigenvalue weighted by molar-refractivity contribution is 6.74. The third-order valence-electron chi connectivity index (χ3n) is 8.75. The molecular weight excluding hydrogens is 529 g/mol. The summed E-state index contributed by atoms with van der Waals surface area (Å²) in [5.74, 6) is 3.06. The summed E-state index contributed by atoms with van der Waals surface area (Å²) in [7, 11) is -4.14. The number of hydrogen-bond acceptors (Lipinski definition) is 9. The van der Waals surface area contributed by atoms with Crippen LogP contribution < -0.4 is 5.73 Å². The van der Waals surface area contributed by atoms with Gasteiger partial charge in [0.25, 0.3) is 0 Å². The Morgan fingerprint density at radius 3 is 2.13 bits per heavy atom. The molecule has 0 saturated carbocycles. The molecular formula is C27H48N6O4Si2. The molecule has 3 N–H and O–H groups in total. The third-order valence-corrected chi connectivity index (χ3v) is 18.0. The largest absolute Gasteiger partial charge is 0.408 e. The predicted octanol–water partition coefficient (Wildman–Crippen LogP) is 4.01. The molecule has 0 bridgehead atoms. The first-order chi connectivity index (χ1) is 18.8. The van der Waals surface area contributed by atoms with Gasteiger partial charge in [-0.25, -0.2) is 15.0 Å². The SMILES string of the molecule is C#CCN(CCO)C[C@H]1O[C@@H](n2cnc3c(N)ncnc32)[C@@H](O[Si](CC)(CC)CC)C1O[Si](CC)(CC)CC. The van der Waals surface area contributed by atoms with E-state index in [4.69, 9.17) is 25.7 Å². The zero-order valence-corrected chi connectivity index (χ0v) is 26.6. The van der Waals surface area contributed by atoms with Crippen LogP contribution in [0.25, 0.3) is 11.2 Å². The van der Waals surface area contributed by atoms with Gasteiger partial charge in [0.05, 0.1) is 19.5 Å². The molecule has 218 valence electrons. The number of fused-ring (bicyclic) bond motifs is 1. The first-order valence-electron chi connectivity index (χ1n) is 14.5. The van der Waals surface area contributed by atoms with E-state index in [0.717, 1.165) is 36.3 Å². The van der Waals surface area contributed by atoms with Crippen LogP contribution in [0, 0.1) is 12.3 Å². The lowest BCUT2D eigenvalue weighted by molar-refractivity contribution is -0.0413. The summed E-state index contributed by atoms with van der Waals surface area (Å²) in [6.45, 7) is 14.8. The van der Waals surface area contributed by atoms with Crippen molar-refractivity contribution < 1.29 is 18.7 Å². The van der Waals surface area contributed by atoms with Gasteiger partial charge in [-0.1, -0.05) is 47.5 Å². The Kier molecular flexibility index (Phi) is 11.5. The third kappa shape index (κ3) is 6.73. The number of terminal acetylenes is 1. The van der Waals surface area contributed by atoms with Gasteiger partial charge in [0.1, 0.15) is 30.2 Å². The Morgan fingerprint density at radius 1 is 1.00 bits per heavy atom. The van der Waals surface area contributed by atoms with E-state index in [2.05, 4.69) is 62.4 Å². The number of aromatic nitrogens is 4. The van der Waals surface area contributed by atoms with Crippen molar-refractivity contribution in [3.63, 3.8) is 0 Å². The van der Waals surface area contributed by atoms with Crippen LogP contribution in [-0.4, -0.2) is 90.7 Å². The monoisotopic (exact) mass is 576 g/mol. The molecule has 12 heteroatoms. The van der Waals surface area contributed by atoms with Crippen LogP contribution >= 0.6 is 0 Å². The smallest absolute Gasteiger partial charge is 0.192 e. The molecule has 3 heterocycles. The van der Waals surface area contributed by atoms with Gasteiger partial charge in [0.2, 0.25) is 0 Å². The summed E-state index contributed by atoms with van der Waals surface area (Å²) in [4.78, 5) is 15.2. The van der Waals surface area contributed by atoms with Crippen molar-refractivity contribution in [3.05, 3.63) is 12.7 Å². The minimum absolute atomic E-state index is 0.0146. The molecule has 1 saturated heterocycles. The molecule has 2 aromatic heterocycles. The highest BCUT2D eigenvalue weighted by atomic mass is 28.4. The second kappa shape index (κ2) is 14.2. The van der Waals surface area contributed by atoms with Gasteiger partial charge >= 0.3 is 0 Å². The van der Waals surface area contributed by atoms with Crippen molar-refractivity contribution in [2.45, 2.75) is 102 Å². The van der Waals surface area contributed by atoms with Gasteiger partial charge in [-0.15, -0.1) is 6.42 Å². The van der Waals surface area contributed by atoms with E-state index < -0.39 is 22.9 Å². The van der Waals surface area contributed by atoms with Crippen molar-refractivity contribution in [3.8, 4) is 12.3 Å². The van der Waals surface area contributed by atoms with E-state index in [-0.39, 0.29) is 24.9 Å². The lowest BCUT2D eigenvalue weighted by Crippen LogP contribution is -2.53. The van der Waals surface area contributed by atoms with Crippen LogP contribution in [0.1, 0.15) is 47.8 Å². The fourth-order valence-electron chi connectivity index (χ4n) is 5.74. The Balaban J connectivity index is 2.16. The number of hydrogen-bond donors (Lipinski definition) is 2. The van der Waals surface area contributed by atoms with E-state index in [9.17, 15) is 5.11 Å². The Morgan fingerprint density at radius 2 is 1.59 bits per heavy atom. The molecule has 0 aromatic carbocycles. The van der Waals surface area contributed by atoms with Gasteiger partial charge in [-0.3, -0.25) is 9.47 Å². The fourth-order valence-corrected chi connectivity index (χ4v) is 11.4. The summed E-state index contributed by atoms with van der Waals surface area (Å²) in [6.07, 6.45) is 7.39. The van der Waals surface area contributed by atoms with Crippen LogP contribution in [-0.2, 0) is 13.6 Å². The number of anilines is 1. The first-order valence-corrected chi connectivity index (χ1v) is 19.6. The molecule has 3 rings (SSSR count). The predicted molar refractivity (Wildman–Crippen MR) is 160 cm³/mol. The molecule has 1 unspecified atom stereocenters. The van der Waals surface area contributed by atoms with Gasteiger partial charge in [0, 0.05) is 13.1 Å². The van der Waals surface area contributed by atoms with Crippen LogP contribution in [0.3, 0.4) is 0 Å². The topological polar surface area (TPSA) is 121 Å². The number of ether oxygens (including phenoxy) is 1. The molecule has 0 amide bonds. The second-order valence-corrected chi connectivity index (χ2v) is 19.9. The average Bonchev–Trinajstić information content (AvgIpc) is 3.52. The molecule has 1 fully saturated rings. The maximum absolute atomic E-state index is 9.72. The molecule has 4 atom stereocenters. The van der Waals surface area contributed by atoms with Crippen LogP contribution in [0.5, 0.6) is 0 Å². The fraction of sp³-hybridized carbons (Fsp3) is 0.741. The van der Waals surface area contributed by atoms with Crippen molar-refractivity contribution in [2.24, 2.45) is 0 Å². The normalized spacial score (nSPS) is 22.1. The number of rotatable bonds is 16. The molecule has 10 nitrogen and oxygen atoms in total. The van der Waals surface area contributed by atoms with E-state index in [1.54, 1.807) is 6.33 Å². The second-order valence-electron chi connectivity index (χ2n) is 10.5. The van der Waals surface area contributed by atoms with Crippen molar-refractivity contribution >= 4 is 33.6 Å². The quantitative estimate of drug-likeness (QED) is 0.225. The number of imidazole rings is 1. The number of aliphatic hydroxyl groups is 1. The van der Waals surface area contributed by atoms with Gasteiger partial charge in [-0.2, -0.15) is 0 Å². The maximum atomic E-state index is 9.72. The molecule has 39 heavy (non-hydrogen) atoms. The Hall–Kier alpha value is -1.86. The number of nitrogen functional groups attached to an aromatic ring is 1. The van der Waals surface area contributed by atoms with Crippen molar-refractivity contribution in [2.75, 3.05) is 32.0 Å². The summed E-state index contributed by atoms with van der Waals surface area (Å²) in [6, 6.07) is 6.06. The summed E-state index contributed by atoms with van der Waals surface area (Å²) in [5.41, 5.74) is 7.28. The lowest BCUT2D eigenvalue weighted by Gasteiger charge is -2.40. The first kappa shape index (κ1) is 31.7. The van der Waals surface area contributed by atoms with E-state index in [0.29, 0.717) is 36.6 Å². The highest BCUT2D eigenvalue weighted by Crippen LogP contribution is 2.41. The molecule has 1 aliphatic rings. The zero-order chi connectivity index (χ0) is 28.6. The molecule has 0 aliphatic carbocycles.